The molecule has 2 heterocycles. The Balaban J connectivity index is 1.65. The number of benzene rings is 2. The van der Waals surface area contributed by atoms with Crippen LogP contribution in [0.3, 0.4) is 0 Å². The molecule has 19 heteroatoms. The van der Waals surface area contributed by atoms with Gasteiger partial charge in [-0.1, -0.05) is 36.4 Å². The van der Waals surface area contributed by atoms with Crippen LogP contribution in [0.5, 0.6) is 5.88 Å². The van der Waals surface area contributed by atoms with Crippen molar-refractivity contribution in [2.45, 2.75) is 125 Å². The number of nitrogens with zero attached hydrogens (tertiary/aromatic N) is 6. The molecule has 1 aromatic heterocycles. The second kappa shape index (κ2) is 19.3. The predicted molar refractivity (Wildman–Crippen MR) is 221 cm³/mol. The number of amides is 4. The van der Waals surface area contributed by atoms with Crippen LogP contribution in [-0.2, 0) is 61.0 Å². The molecule has 1 aliphatic rings. The molecular formula is C42H55N7O12. The van der Waals surface area contributed by atoms with Gasteiger partial charge in [0.05, 0.1) is 35.4 Å². The quantitative estimate of drug-likeness (QED) is 0.0546. The molecule has 4 amide bonds. The number of carbonyl (C=O) groups excluding carboxylic acids is 5. The largest absolute Gasteiger partial charge is 0.493 e. The van der Waals surface area contributed by atoms with Crippen LogP contribution < -0.4 is 5.32 Å². The third kappa shape index (κ3) is 13.8. The van der Waals surface area contributed by atoms with Crippen LogP contribution in [0.2, 0.25) is 0 Å². The lowest BCUT2D eigenvalue weighted by atomic mass is 10.0. The molecule has 1 aliphatic heterocycles. The molecule has 0 saturated heterocycles. The summed E-state index contributed by atoms with van der Waals surface area (Å²) in [5, 5.41) is 29.9. The number of aliphatic imine (C=N–C) groups is 1. The van der Waals surface area contributed by atoms with Crippen molar-refractivity contribution in [1.82, 2.24) is 24.9 Å². The molecule has 2 aromatic carbocycles. The van der Waals surface area contributed by atoms with Crippen LogP contribution in [0.4, 0.5) is 20.1 Å². The minimum atomic E-state index is -1.15. The zero-order valence-electron chi connectivity index (χ0n) is 36.3. The minimum absolute atomic E-state index is 0.0154. The van der Waals surface area contributed by atoms with Gasteiger partial charge >= 0.3 is 24.2 Å². The third-order valence-electron chi connectivity index (χ3n) is 8.57. The number of esters is 1. The van der Waals surface area contributed by atoms with Gasteiger partial charge in [-0.25, -0.2) is 19.1 Å². The summed E-state index contributed by atoms with van der Waals surface area (Å²) in [5.74, 6) is -1.55. The number of hydrogen-bond acceptors (Lipinski definition) is 14. The van der Waals surface area contributed by atoms with Crippen molar-refractivity contribution >= 4 is 41.7 Å². The van der Waals surface area contributed by atoms with Gasteiger partial charge in [-0.05, 0) is 86.8 Å². The SMILES string of the molecule is CCOC(=O)Cn1nc2c(c1O)CN(C(=O)[C@H](Cc1ccc([N+](=O)[O-])cc1)NCc1ccc(C(=NC(=O)OC(C)(C)C)N(C(=O)OC(C)(C)C)C(=O)OC(C)(C)C)cc1)CC2. The molecule has 0 bridgehead atoms. The average Bonchev–Trinajstić information content (AvgIpc) is 3.44. The molecule has 2 N–H and O–H groups in total. The topological polar surface area (TPSA) is 234 Å². The Morgan fingerprint density at radius 1 is 0.885 bits per heavy atom. The first-order valence-electron chi connectivity index (χ1n) is 19.7. The number of imide groups is 1. The Bertz CT molecular complexity index is 2100. The number of aromatic hydroxyl groups is 1. The van der Waals surface area contributed by atoms with Crippen molar-refractivity contribution in [3.63, 3.8) is 0 Å². The molecule has 0 fully saturated rings. The highest BCUT2D eigenvalue weighted by atomic mass is 16.6. The van der Waals surface area contributed by atoms with Crippen molar-refractivity contribution < 1.29 is 52.9 Å². The number of fused-ring (bicyclic) bond motifs is 1. The van der Waals surface area contributed by atoms with Crippen LogP contribution in [0, 0.1) is 10.1 Å². The maximum atomic E-state index is 14.3. The summed E-state index contributed by atoms with van der Waals surface area (Å²) in [6.45, 7) is 16.5. The van der Waals surface area contributed by atoms with E-state index in [1.807, 2.05) is 0 Å². The van der Waals surface area contributed by atoms with E-state index in [4.69, 9.17) is 18.9 Å². The van der Waals surface area contributed by atoms with Gasteiger partial charge in [0, 0.05) is 37.2 Å². The molecule has 19 nitrogen and oxygen atoms in total. The molecule has 0 radical (unpaired) electrons. The Labute approximate surface area is 354 Å². The first-order valence-corrected chi connectivity index (χ1v) is 19.7. The highest BCUT2D eigenvalue weighted by Crippen LogP contribution is 2.28. The second-order valence-corrected chi connectivity index (χ2v) is 17.2. The standard InChI is InChI=1S/C42H55N7O12/c1-11-58-33(50)25-47-35(51)30-24-46(21-20-31(30)45-47)36(52)32(22-26-14-18-29(19-15-26)49(56)57)43-23-27-12-16-28(17-13-27)34(44-37(53)59-40(2,3)4)48(38(54)60-41(5,6)7)39(55)61-42(8,9)10/h12-19,32,43,51H,11,20-25H2,1-10H3/t32-/m0/s1. The number of nitro groups is 1. The predicted octanol–water partition coefficient (Wildman–Crippen LogP) is 6.20. The van der Waals surface area contributed by atoms with Gasteiger partial charge < -0.3 is 34.3 Å². The van der Waals surface area contributed by atoms with Crippen LogP contribution >= 0.6 is 0 Å². The Morgan fingerprint density at radius 2 is 1.44 bits per heavy atom. The van der Waals surface area contributed by atoms with E-state index in [1.54, 1.807) is 98.4 Å². The maximum Gasteiger partial charge on any atom is 0.436 e. The Morgan fingerprint density at radius 3 is 1.97 bits per heavy atom. The molecule has 0 unspecified atom stereocenters. The van der Waals surface area contributed by atoms with Gasteiger partial charge in [-0.15, -0.1) is 0 Å². The maximum absolute atomic E-state index is 14.3. The molecule has 330 valence electrons. The molecule has 1 atom stereocenters. The normalized spacial score (nSPS) is 13.7. The van der Waals surface area contributed by atoms with E-state index in [2.05, 4.69) is 15.4 Å². The number of carbonyl (C=O) groups is 5. The summed E-state index contributed by atoms with van der Waals surface area (Å²) < 4.78 is 22.6. The van der Waals surface area contributed by atoms with E-state index >= 15 is 0 Å². The van der Waals surface area contributed by atoms with Gasteiger partial charge in [-0.3, -0.25) is 19.7 Å². The fraction of sp³-hybridized carbons (Fsp3) is 0.500. The van der Waals surface area contributed by atoms with E-state index in [-0.39, 0.29) is 62.2 Å². The highest BCUT2D eigenvalue weighted by molar-refractivity contribution is 6.18. The third-order valence-corrected chi connectivity index (χ3v) is 8.57. The van der Waals surface area contributed by atoms with E-state index in [0.29, 0.717) is 33.7 Å². The summed E-state index contributed by atoms with van der Waals surface area (Å²) >= 11 is 0. The zero-order chi connectivity index (χ0) is 45.4. The fourth-order valence-corrected chi connectivity index (χ4v) is 5.99. The van der Waals surface area contributed by atoms with Crippen LogP contribution in [0.1, 0.15) is 97.2 Å². The van der Waals surface area contributed by atoms with E-state index < -0.39 is 57.9 Å². The Kier molecular flexibility index (Phi) is 15.0. The van der Waals surface area contributed by atoms with Crippen molar-refractivity contribution in [3.8, 4) is 5.88 Å². The molecule has 0 aliphatic carbocycles. The summed E-state index contributed by atoms with van der Waals surface area (Å²) in [7, 11) is 0. The van der Waals surface area contributed by atoms with Crippen molar-refractivity contribution in [3.05, 3.63) is 86.6 Å². The summed E-state index contributed by atoms with van der Waals surface area (Å²) in [6, 6.07) is 11.3. The number of nitrogens with one attached hydrogen (secondary N) is 1. The van der Waals surface area contributed by atoms with Gasteiger partial charge in [0.2, 0.25) is 11.8 Å². The van der Waals surface area contributed by atoms with E-state index in [9.17, 15) is 39.2 Å². The van der Waals surface area contributed by atoms with Gasteiger partial charge in [0.1, 0.15) is 23.3 Å². The monoisotopic (exact) mass is 849 g/mol. The Hall–Kier alpha value is -6.37. The number of ether oxygens (including phenoxy) is 4. The van der Waals surface area contributed by atoms with Gasteiger partial charge in [-0.2, -0.15) is 15.0 Å². The summed E-state index contributed by atoms with van der Waals surface area (Å²) in [5.41, 5.74) is -0.771. The average molecular weight is 850 g/mol. The molecule has 0 spiro atoms. The van der Waals surface area contributed by atoms with Gasteiger partial charge in [0.25, 0.3) is 5.69 Å². The summed E-state index contributed by atoms with van der Waals surface area (Å²) in [4.78, 5) is 83.6. The number of hydrogen-bond donors (Lipinski definition) is 2. The molecule has 3 aromatic rings. The molecule has 61 heavy (non-hydrogen) atoms. The molecule has 4 rings (SSSR count). The number of rotatable bonds is 11. The van der Waals surface area contributed by atoms with Crippen LogP contribution in [0.15, 0.2) is 53.5 Å². The zero-order valence-corrected chi connectivity index (χ0v) is 36.3. The number of nitro benzene ring substituents is 1. The summed E-state index contributed by atoms with van der Waals surface area (Å²) in [6.07, 6.45) is -2.92. The molecule has 0 saturated carbocycles. The van der Waals surface area contributed by atoms with E-state index in [0.717, 1.165) is 4.68 Å². The number of non-ortho nitro benzene ring substituents is 1. The van der Waals surface area contributed by atoms with E-state index in [1.165, 1.54) is 24.3 Å². The molecular weight excluding hydrogens is 794 g/mol. The lowest BCUT2D eigenvalue weighted by molar-refractivity contribution is -0.384. The van der Waals surface area contributed by atoms with Crippen molar-refractivity contribution in [2.24, 2.45) is 4.99 Å². The fourth-order valence-electron chi connectivity index (χ4n) is 5.99. The lowest BCUT2D eigenvalue weighted by Gasteiger charge is -2.30. The number of aromatic nitrogens is 2. The first-order chi connectivity index (χ1) is 28.3. The second-order valence-electron chi connectivity index (χ2n) is 17.2. The number of amidine groups is 1. The lowest BCUT2D eigenvalue weighted by Crippen LogP contribution is -2.49. The highest BCUT2D eigenvalue weighted by Gasteiger charge is 2.37. The van der Waals surface area contributed by atoms with Crippen molar-refractivity contribution in [1.29, 1.82) is 0 Å². The minimum Gasteiger partial charge on any atom is -0.493 e. The van der Waals surface area contributed by atoms with Crippen molar-refractivity contribution in [2.75, 3.05) is 13.2 Å². The van der Waals surface area contributed by atoms with Crippen LogP contribution in [0.25, 0.3) is 0 Å². The van der Waals surface area contributed by atoms with Gasteiger partial charge in [0.15, 0.2) is 5.84 Å². The smallest absolute Gasteiger partial charge is 0.436 e. The van der Waals surface area contributed by atoms with Crippen LogP contribution in [-0.4, -0.2) is 102 Å². The first kappa shape index (κ1) is 47.3.